The molecule has 1 saturated heterocycles. The molecular formula is C29H31Cl2I2N7O4. The van der Waals surface area contributed by atoms with Crippen molar-refractivity contribution in [3.8, 4) is 5.75 Å². The molecule has 11 nitrogen and oxygen atoms in total. The number of nitrogens with zero attached hydrogens (tertiary/aromatic N) is 5. The number of urea groups is 1. The molecule has 0 bridgehead atoms. The molecule has 3 amide bonds. The van der Waals surface area contributed by atoms with Crippen LogP contribution in [0.25, 0.3) is 0 Å². The number of amides is 3. The summed E-state index contributed by atoms with van der Waals surface area (Å²) in [7, 11) is 3.22. The van der Waals surface area contributed by atoms with Crippen LogP contribution in [0.1, 0.15) is 13.3 Å². The molecule has 0 aliphatic carbocycles. The van der Waals surface area contributed by atoms with E-state index >= 15 is 0 Å². The second kappa shape index (κ2) is 15.4. The molecule has 2 N–H and O–H groups in total. The molecule has 2 aromatic carbocycles. The van der Waals surface area contributed by atoms with Gasteiger partial charge >= 0.3 is 189 Å². The minimum atomic E-state index is -1.59. The zero-order valence-electron chi connectivity index (χ0n) is 24.2. The van der Waals surface area contributed by atoms with E-state index in [9.17, 15) is 14.4 Å². The van der Waals surface area contributed by atoms with Crippen LogP contribution in [0, 0.1) is 0 Å². The van der Waals surface area contributed by atoms with Crippen LogP contribution in [-0.4, -0.2) is 61.7 Å². The second-order valence-electron chi connectivity index (χ2n) is 9.64. The minimum absolute atomic E-state index is 0.161. The fourth-order valence-corrected chi connectivity index (χ4v) is 9.93. The average Bonchev–Trinajstić information content (AvgIpc) is 3.29. The Balaban J connectivity index is 1.58. The van der Waals surface area contributed by atoms with Gasteiger partial charge in [-0.05, 0) is 12.1 Å². The van der Waals surface area contributed by atoms with Crippen LogP contribution in [0.2, 0.25) is 10.0 Å². The molecule has 1 aliphatic heterocycles. The summed E-state index contributed by atoms with van der Waals surface area (Å²) in [6.07, 6.45) is 3.55. The van der Waals surface area contributed by atoms with Crippen molar-refractivity contribution in [1.29, 1.82) is 0 Å². The third kappa shape index (κ3) is 8.03. The number of carbonyl (C=O) groups is 3. The Kier molecular flexibility index (Phi) is 11.9. The molecule has 4 rings (SSSR count). The van der Waals surface area contributed by atoms with Crippen LogP contribution in [-0.2, 0) is 9.59 Å². The van der Waals surface area contributed by atoms with Gasteiger partial charge in [-0.15, -0.1) is 0 Å². The number of nitrogens with one attached hydrogen (secondary N) is 2. The van der Waals surface area contributed by atoms with Crippen LogP contribution >= 0.6 is 66.0 Å². The average molecular weight is 866 g/mol. The van der Waals surface area contributed by atoms with Gasteiger partial charge < -0.3 is 8.38 Å². The van der Waals surface area contributed by atoms with Crippen molar-refractivity contribution in [2.75, 3.05) is 61.4 Å². The standard InChI is InChI=1S/C29H31Cl2I2N7O4/c1-5-26(42)38(3)22-15-19(40-13-6-11-33(12-14-40)18(2)41)7-9-21(22)36-24-16-25(35-17-34-24)39(4)29(43)37-28-20(30)8-10-23(44-32)27(28)31/h5,7-10,15-17H,1,6,11-14H2,2-4H3,(H,37,43)(H,34,35,36). The van der Waals surface area contributed by atoms with Gasteiger partial charge in [-0.1, -0.05) is 23.2 Å². The second-order valence-corrected chi connectivity index (χ2v) is 17.1. The van der Waals surface area contributed by atoms with E-state index in [1.165, 1.54) is 22.2 Å². The first kappa shape index (κ1) is 34.0. The molecule has 0 atom stereocenters. The zero-order valence-corrected chi connectivity index (χ0v) is 30.1. The Morgan fingerprint density at radius 2 is 1.86 bits per heavy atom. The van der Waals surface area contributed by atoms with Crippen LogP contribution in [0.4, 0.5) is 39.2 Å². The first-order valence-electron chi connectivity index (χ1n) is 13.4. The quantitative estimate of drug-likeness (QED) is 0.0994. The van der Waals surface area contributed by atoms with Crippen molar-refractivity contribution in [3.63, 3.8) is 0 Å². The molecule has 3 aromatic rings. The third-order valence-electron chi connectivity index (χ3n) is 6.90. The van der Waals surface area contributed by atoms with Crippen LogP contribution in [0.3, 0.4) is 0 Å². The van der Waals surface area contributed by atoms with Crippen molar-refractivity contribution in [2.45, 2.75) is 13.3 Å². The van der Waals surface area contributed by atoms with E-state index < -0.39 is 25.9 Å². The fraction of sp³-hybridized carbons (Fsp3) is 0.276. The summed E-state index contributed by atoms with van der Waals surface area (Å²) >= 11 is 12.7. The molecule has 1 aliphatic rings. The van der Waals surface area contributed by atoms with Crippen LogP contribution in [0.5, 0.6) is 5.75 Å². The number of likely N-dealkylation sites (N-methyl/N-ethyl adjacent to an activating group) is 1. The van der Waals surface area contributed by atoms with E-state index in [0.717, 1.165) is 34.1 Å². The van der Waals surface area contributed by atoms with Crippen molar-refractivity contribution in [2.24, 2.45) is 0 Å². The molecule has 44 heavy (non-hydrogen) atoms. The van der Waals surface area contributed by atoms with Crippen molar-refractivity contribution in [1.82, 2.24) is 9.97 Å². The number of hydrogen-bond acceptors (Lipinski definition) is 8. The van der Waals surface area contributed by atoms with Gasteiger partial charge in [-0.25, -0.2) is 4.79 Å². The normalized spacial score (nSPS) is 13.9. The van der Waals surface area contributed by atoms with Gasteiger partial charge in [0.2, 0.25) is 0 Å². The van der Waals surface area contributed by atoms with Gasteiger partial charge in [-0.2, -0.15) is 0 Å². The predicted octanol–water partition coefficient (Wildman–Crippen LogP) is 7.34. The Hall–Kier alpha value is -2.89. The maximum atomic E-state index is 13.1. The molecule has 15 heteroatoms. The molecule has 0 unspecified atom stereocenters. The molecule has 0 saturated carbocycles. The maximum absolute atomic E-state index is 13.1. The van der Waals surface area contributed by atoms with Crippen molar-refractivity contribution < 1.29 is 17.4 Å². The molecule has 0 radical (unpaired) electrons. The predicted molar refractivity (Wildman–Crippen MR) is 195 cm³/mol. The fourth-order valence-electron chi connectivity index (χ4n) is 4.44. The summed E-state index contributed by atoms with van der Waals surface area (Å²) in [5.74, 6) is 0.755. The third-order valence-corrected chi connectivity index (χ3v) is 14.1. The number of alkyl halides is 2. The Bertz CT molecular complexity index is 1580. The van der Waals surface area contributed by atoms with Gasteiger partial charge in [0, 0.05) is 7.05 Å². The van der Waals surface area contributed by atoms with E-state index in [1.807, 2.05) is 18.2 Å². The van der Waals surface area contributed by atoms with Gasteiger partial charge in [0.05, 0.1) is 10.7 Å². The summed E-state index contributed by atoms with van der Waals surface area (Å²) in [5.41, 5.74) is 2.40. The van der Waals surface area contributed by atoms with E-state index in [4.69, 9.17) is 26.3 Å². The Labute approximate surface area is 287 Å². The SMILES string of the molecule is C=CC(=O)N(C)c1cc(N2CCCI(C(C)=O)CC2)ccc1Nc1cc(N(C)C(=O)Nc2c(Cl)ccc(OI)c2Cl)ncn1. The Morgan fingerprint density at radius 1 is 1.09 bits per heavy atom. The molecule has 1 aromatic heterocycles. The van der Waals surface area contributed by atoms with Gasteiger partial charge in [-0.3, -0.25) is 0 Å². The van der Waals surface area contributed by atoms with Gasteiger partial charge in [0.15, 0.2) is 28.8 Å². The first-order valence-corrected chi connectivity index (χ1v) is 19.1. The molecule has 234 valence electrons. The topological polar surface area (TPSA) is 120 Å². The molecule has 0 spiro atoms. The van der Waals surface area contributed by atoms with E-state index in [0.29, 0.717) is 26.7 Å². The zero-order chi connectivity index (χ0) is 32.0. The molecule has 1 fully saturated rings. The number of halogens is 4. The number of aromatic nitrogens is 2. The number of rotatable bonds is 9. The van der Waals surface area contributed by atoms with E-state index in [2.05, 4.69) is 32.1 Å². The number of benzene rings is 2. The summed E-state index contributed by atoms with van der Waals surface area (Å²) < 4.78 is 7.54. The number of anilines is 6. The van der Waals surface area contributed by atoms with Crippen LogP contribution in [0.15, 0.2) is 55.4 Å². The number of hydrogen-bond donors (Lipinski definition) is 2. The summed E-state index contributed by atoms with van der Waals surface area (Å²) in [6, 6.07) is 10.0. The van der Waals surface area contributed by atoms with E-state index in [1.54, 1.807) is 62.2 Å². The van der Waals surface area contributed by atoms with Gasteiger partial charge in [0.25, 0.3) is 0 Å². The summed E-state index contributed by atoms with van der Waals surface area (Å²) in [5, 5.41) is 6.37. The first-order chi connectivity index (χ1) is 21.0. The summed E-state index contributed by atoms with van der Waals surface area (Å²) in [4.78, 5) is 51.4. The Morgan fingerprint density at radius 3 is 2.57 bits per heavy atom. The van der Waals surface area contributed by atoms with Crippen molar-refractivity contribution in [3.05, 3.63) is 65.4 Å². The monoisotopic (exact) mass is 865 g/mol. The van der Waals surface area contributed by atoms with E-state index in [-0.39, 0.29) is 27.5 Å². The van der Waals surface area contributed by atoms with Crippen LogP contribution < -0.4 is 28.4 Å². The molecular weight excluding hydrogens is 835 g/mol. The van der Waals surface area contributed by atoms with Gasteiger partial charge in [0.1, 0.15) is 5.02 Å². The summed E-state index contributed by atoms with van der Waals surface area (Å²) in [6.45, 7) is 7.02. The number of carbonyl (C=O) groups excluding carboxylic acids is 3. The molecule has 2 heterocycles. The van der Waals surface area contributed by atoms with Crippen molar-refractivity contribution >= 4 is 116 Å².